The lowest BCUT2D eigenvalue weighted by molar-refractivity contribution is 0.400. The Kier molecular flexibility index (Phi) is 3.54. The molecule has 6 heteroatoms. The molecule has 0 atom stereocenters. The number of ether oxygens (including phenoxy) is 1. The first-order chi connectivity index (χ1) is 8.54. The molecule has 18 heavy (non-hydrogen) atoms. The van der Waals surface area contributed by atoms with Gasteiger partial charge in [-0.25, -0.2) is 9.07 Å². The lowest BCUT2D eigenvalue weighted by Crippen LogP contribution is -2.02. The first-order valence-electron chi connectivity index (χ1n) is 5.39. The zero-order chi connectivity index (χ0) is 13.3. The van der Waals surface area contributed by atoms with Crippen LogP contribution < -0.4 is 10.5 Å². The Morgan fingerprint density at radius 2 is 2.22 bits per heavy atom. The molecule has 0 unspecified atom stereocenters. The fourth-order valence-electron chi connectivity index (χ4n) is 1.71. The summed E-state index contributed by atoms with van der Waals surface area (Å²) in [4.78, 5) is 0. The van der Waals surface area contributed by atoms with Crippen molar-refractivity contribution in [2.45, 2.75) is 13.5 Å². The SMILES string of the molecule is Cc1nn(C)c(Oc2cccc(Cl)c2F)c1CN. The van der Waals surface area contributed by atoms with Crippen molar-refractivity contribution in [3.63, 3.8) is 0 Å². The Hall–Kier alpha value is -1.59. The van der Waals surface area contributed by atoms with E-state index in [9.17, 15) is 4.39 Å². The Morgan fingerprint density at radius 3 is 2.89 bits per heavy atom. The van der Waals surface area contributed by atoms with E-state index < -0.39 is 5.82 Å². The van der Waals surface area contributed by atoms with Crippen LogP contribution in [0.3, 0.4) is 0 Å². The van der Waals surface area contributed by atoms with Crippen LogP contribution in [0.25, 0.3) is 0 Å². The second-order valence-corrected chi connectivity index (χ2v) is 4.26. The summed E-state index contributed by atoms with van der Waals surface area (Å²) in [5.41, 5.74) is 7.14. The maximum absolute atomic E-state index is 13.7. The van der Waals surface area contributed by atoms with Crippen molar-refractivity contribution in [1.82, 2.24) is 9.78 Å². The van der Waals surface area contributed by atoms with Crippen LogP contribution >= 0.6 is 11.6 Å². The smallest absolute Gasteiger partial charge is 0.222 e. The molecule has 0 radical (unpaired) electrons. The van der Waals surface area contributed by atoms with Gasteiger partial charge in [0.2, 0.25) is 5.88 Å². The van der Waals surface area contributed by atoms with Gasteiger partial charge >= 0.3 is 0 Å². The number of nitrogens with two attached hydrogens (primary N) is 1. The Balaban J connectivity index is 2.43. The highest BCUT2D eigenvalue weighted by Crippen LogP contribution is 2.31. The molecule has 2 rings (SSSR count). The van der Waals surface area contributed by atoms with E-state index in [1.165, 1.54) is 16.8 Å². The maximum atomic E-state index is 13.7. The largest absolute Gasteiger partial charge is 0.436 e. The van der Waals surface area contributed by atoms with Gasteiger partial charge in [0, 0.05) is 13.6 Å². The topological polar surface area (TPSA) is 53.1 Å². The van der Waals surface area contributed by atoms with Gasteiger partial charge in [-0.05, 0) is 19.1 Å². The van der Waals surface area contributed by atoms with Crippen LogP contribution in [0.4, 0.5) is 4.39 Å². The molecule has 0 aliphatic rings. The van der Waals surface area contributed by atoms with Crippen molar-refractivity contribution in [3.05, 3.63) is 40.3 Å². The zero-order valence-corrected chi connectivity index (χ0v) is 10.8. The van der Waals surface area contributed by atoms with Gasteiger partial charge in [-0.1, -0.05) is 17.7 Å². The predicted octanol–water partition coefficient (Wildman–Crippen LogP) is 2.77. The Bertz CT molecular complexity index is 583. The van der Waals surface area contributed by atoms with Crippen molar-refractivity contribution in [3.8, 4) is 11.6 Å². The van der Waals surface area contributed by atoms with E-state index >= 15 is 0 Å². The van der Waals surface area contributed by atoms with Gasteiger partial charge in [0.05, 0.1) is 16.3 Å². The number of rotatable bonds is 3. The molecule has 1 heterocycles. The lowest BCUT2D eigenvalue weighted by Gasteiger charge is -2.09. The highest BCUT2D eigenvalue weighted by molar-refractivity contribution is 6.30. The number of nitrogens with zero attached hydrogens (tertiary/aromatic N) is 2. The summed E-state index contributed by atoms with van der Waals surface area (Å²) >= 11 is 5.70. The number of hydrogen-bond acceptors (Lipinski definition) is 3. The van der Waals surface area contributed by atoms with Gasteiger partial charge in [-0.2, -0.15) is 5.10 Å². The molecular weight excluding hydrogens is 257 g/mol. The standard InChI is InChI=1S/C12H13ClFN3O/c1-7-8(6-15)12(17(2)16-7)18-10-5-3-4-9(13)11(10)14/h3-5H,6,15H2,1-2H3. The fourth-order valence-corrected chi connectivity index (χ4v) is 1.88. The minimum atomic E-state index is -0.596. The molecule has 0 amide bonds. The van der Waals surface area contributed by atoms with Crippen LogP contribution in [-0.4, -0.2) is 9.78 Å². The maximum Gasteiger partial charge on any atom is 0.222 e. The summed E-state index contributed by atoms with van der Waals surface area (Å²) in [7, 11) is 1.71. The zero-order valence-electron chi connectivity index (χ0n) is 10.1. The first kappa shape index (κ1) is 12.9. The molecule has 2 aromatic rings. The molecule has 1 aromatic carbocycles. The van der Waals surface area contributed by atoms with Crippen molar-refractivity contribution < 1.29 is 9.13 Å². The number of halogens is 2. The summed E-state index contributed by atoms with van der Waals surface area (Å²) in [6.07, 6.45) is 0. The number of hydrogen-bond donors (Lipinski definition) is 1. The predicted molar refractivity (Wildman–Crippen MR) is 67.3 cm³/mol. The number of benzene rings is 1. The first-order valence-corrected chi connectivity index (χ1v) is 5.76. The van der Waals surface area contributed by atoms with Crippen molar-refractivity contribution in [1.29, 1.82) is 0 Å². The van der Waals surface area contributed by atoms with E-state index in [1.54, 1.807) is 13.1 Å². The fraction of sp³-hybridized carbons (Fsp3) is 0.250. The third kappa shape index (κ3) is 2.19. The average Bonchev–Trinajstić information content (AvgIpc) is 2.59. The van der Waals surface area contributed by atoms with Crippen molar-refractivity contribution >= 4 is 11.6 Å². The molecule has 0 saturated carbocycles. The molecule has 0 aliphatic carbocycles. The molecule has 0 aliphatic heterocycles. The molecule has 96 valence electrons. The molecule has 0 spiro atoms. The van der Waals surface area contributed by atoms with E-state index in [4.69, 9.17) is 22.1 Å². The van der Waals surface area contributed by atoms with Gasteiger partial charge in [-0.15, -0.1) is 0 Å². The highest BCUT2D eigenvalue weighted by Gasteiger charge is 2.16. The van der Waals surface area contributed by atoms with Gasteiger partial charge in [0.1, 0.15) is 0 Å². The lowest BCUT2D eigenvalue weighted by atomic mass is 10.2. The van der Waals surface area contributed by atoms with Crippen LogP contribution in [0.5, 0.6) is 11.6 Å². The molecule has 0 bridgehead atoms. The normalized spacial score (nSPS) is 10.7. The molecule has 0 fully saturated rings. The van der Waals surface area contributed by atoms with Gasteiger partial charge in [0.15, 0.2) is 11.6 Å². The monoisotopic (exact) mass is 269 g/mol. The summed E-state index contributed by atoms with van der Waals surface area (Å²) in [5.74, 6) is -0.114. The van der Waals surface area contributed by atoms with Crippen molar-refractivity contribution in [2.75, 3.05) is 0 Å². The number of aromatic nitrogens is 2. The minimum Gasteiger partial charge on any atom is -0.436 e. The summed E-state index contributed by atoms with van der Waals surface area (Å²) in [6, 6.07) is 4.58. The van der Waals surface area contributed by atoms with Crippen LogP contribution in [0.15, 0.2) is 18.2 Å². The second kappa shape index (κ2) is 4.96. The van der Waals surface area contributed by atoms with Gasteiger partial charge in [0.25, 0.3) is 0 Å². The van der Waals surface area contributed by atoms with Crippen LogP contribution in [0.2, 0.25) is 5.02 Å². The minimum absolute atomic E-state index is 0.0145. The second-order valence-electron chi connectivity index (χ2n) is 3.85. The van der Waals surface area contributed by atoms with Gasteiger partial charge in [-0.3, -0.25) is 0 Å². The van der Waals surface area contributed by atoms with Crippen LogP contribution in [-0.2, 0) is 13.6 Å². The van der Waals surface area contributed by atoms with Crippen LogP contribution in [0.1, 0.15) is 11.3 Å². The third-order valence-electron chi connectivity index (χ3n) is 2.62. The van der Waals surface area contributed by atoms with E-state index in [2.05, 4.69) is 5.10 Å². The molecule has 2 N–H and O–H groups in total. The van der Waals surface area contributed by atoms with Crippen molar-refractivity contribution in [2.24, 2.45) is 12.8 Å². The molecule has 0 saturated heterocycles. The Labute approximate surface area is 109 Å². The number of aryl methyl sites for hydroxylation is 2. The third-order valence-corrected chi connectivity index (χ3v) is 2.91. The Morgan fingerprint density at radius 1 is 1.50 bits per heavy atom. The van der Waals surface area contributed by atoms with E-state index in [0.29, 0.717) is 5.88 Å². The van der Waals surface area contributed by atoms with E-state index in [0.717, 1.165) is 11.3 Å². The summed E-state index contributed by atoms with van der Waals surface area (Å²) < 4.78 is 20.8. The highest BCUT2D eigenvalue weighted by atomic mass is 35.5. The summed E-state index contributed by atoms with van der Waals surface area (Å²) in [6.45, 7) is 2.10. The molecule has 4 nitrogen and oxygen atoms in total. The quantitative estimate of drug-likeness (QED) is 0.932. The van der Waals surface area contributed by atoms with E-state index in [-0.39, 0.29) is 17.3 Å². The van der Waals surface area contributed by atoms with Crippen LogP contribution in [0, 0.1) is 12.7 Å². The molecular formula is C12H13ClFN3O. The van der Waals surface area contributed by atoms with Gasteiger partial charge < -0.3 is 10.5 Å². The average molecular weight is 270 g/mol. The van der Waals surface area contributed by atoms with E-state index in [1.807, 2.05) is 6.92 Å². The summed E-state index contributed by atoms with van der Waals surface area (Å²) in [5, 5.41) is 4.20. The molecule has 1 aromatic heterocycles.